The fraction of sp³-hybridized carbons (Fsp3) is 0.0833. The van der Waals surface area contributed by atoms with E-state index in [0.717, 1.165) is 15.8 Å². The number of halogens is 1. The minimum Gasteiger partial charge on any atom is -0.507 e. The molecule has 0 bridgehead atoms. The van der Waals surface area contributed by atoms with Gasteiger partial charge in [0.15, 0.2) is 0 Å². The van der Waals surface area contributed by atoms with Crippen molar-refractivity contribution in [2.75, 3.05) is 0 Å². The topological polar surface area (TPSA) is 73.4 Å². The van der Waals surface area contributed by atoms with E-state index in [0.29, 0.717) is 16.1 Å². The Bertz CT molecular complexity index is 1320. The Kier molecular flexibility index (Phi) is 4.88. The van der Waals surface area contributed by atoms with E-state index >= 15 is 0 Å². The molecule has 1 unspecified atom stereocenters. The van der Waals surface area contributed by atoms with Crippen LogP contribution in [0.2, 0.25) is 5.02 Å². The molecule has 2 aromatic heterocycles. The maximum Gasteiger partial charge on any atom is 0.295 e. The number of hydrogen-bond donors (Lipinski definition) is 2. The first-order chi connectivity index (χ1) is 15.0. The highest BCUT2D eigenvalue weighted by Crippen LogP contribution is 2.41. The third-order valence-electron chi connectivity index (χ3n) is 5.48. The van der Waals surface area contributed by atoms with Gasteiger partial charge in [-0.25, -0.2) is 0 Å². The molecule has 1 aliphatic rings. The van der Waals surface area contributed by atoms with Gasteiger partial charge in [-0.15, -0.1) is 11.3 Å². The first-order valence-corrected chi connectivity index (χ1v) is 10.9. The Labute approximate surface area is 187 Å². The Hall–Kier alpha value is -3.35. The summed E-state index contributed by atoms with van der Waals surface area (Å²) in [4.78, 5) is 31.7. The number of rotatable bonds is 4. The molecule has 7 heteroatoms. The molecule has 0 saturated carbocycles. The van der Waals surface area contributed by atoms with Gasteiger partial charge in [0, 0.05) is 32.6 Å². The maximum absolute atomic E-state index is 13.1. The van der Waals surface area contributed by atoms with E-state index in [9.17, 15) is 14.7 Å². The Morgan fingerprint density at radius 3 is 2.58 bits per heavy atom. The fourth-order valence-electron chi connectivity index (χ4n) is 4.02. The molecule has 0 aliphatic carbocycles. The van der Waals surface area contributed by atoms with Gasteiger partial charge in [-0.1, -0.05) is 48.0 Å². The number of aromatic amines is 1. The number of nitrogens with one attached hydrogen (secondary N) is 1. The van der Waals surface area contributed by atoms with Crippen molar-refractivity contribution in [2.45, 2.75) is 12.6 Å². The van der Waals surface area contributed by atoms with Crippen molar-refractivity contribution >= 4 is 51.3 Å². The summed E-state index contributed by atoms with van der Waals surface area (Å²) in [7, 11) is 0. The molecule has 3 heterocycles. The Morgan fingerprint density at radius 1 is 1.06 bits per heavy atom. The van der Waals surface area contributed by atoms with E-state index in [2.05, 4.69) is 4.98 Å². The summed E-state index contributed by atoms with van der Waals surface area (Å²) in [6.45, 7) is 0.278. The smallest absolute Gasteiger partial charge is 0.295 e. The lowest BCUT2D eigenvalue weighted by atomic mass is 9.95. The second-order valence-corrected chi connectivity index (χ2v) is 8.77. The SMILES string of the molecule is O=C1C(=O)N(Cc2cccs2)C(c2ccc(Cl)cc2)/C1=C(/O)c1c[nH]c2ccccc12. The minimum atomic E-state index is -0.715. The summed E-state index contributed by atoms with van der Waals surface area (Å²) in [5.41, 5.74) is 2.11. The molecule has 4 aromatic rings. The van der Waals surface area contributed by atoms with E-state index < -0.39 is 17.7 Å². The van der Waals surface area contributed by atoms with Gasteiger partial charge in [-0.3, -0.25) is 9.59 Å². The average molecular weight is 449 g/mol. The molecule has 0 radical (unpaired) electrons. The number of H-pyrrole nitrogens is 1. The number of nitrogens with zero attached hydrogens (tertiary/aromatic N) is 1. The van der Waals surface area contributed by atoms with Crippen LogP contribution in [0.5, 0.6) is 0 Å². The van der Waals surface area contributed by atoms with Crippen LogP contribution in [0.15, 0.2) is 77.8 Å². The van der Waals surface area contributed by atoms with Crippen LogP contribution in [0.25, 0.3) is 16.7 Å². The first-order valence-electron chi connectivity index (χ1n) is 9.67. The molecule has 31 heavy (non-hydrogen) atoms. The van der Waals surface area contributed by atoms with Gasteiger partial charge in [-0.2, -0.15) is 0 Å². The van der Waals surface area contributed by atoms with Gasteiger partial charge in [0.05, 0.1) is 18.2 Å². The lowest BCUT2D eigenvalue weighted by Gasteiger charge is -2.25. The normalized spacial score (nSPS) is 18.2. The number of aliphatic hydroxyl groups is 1. The molecule has 1 atom stereocenters. The van der Waals surface area contributed by atoms with Crippen LogP contribution in [-0.4, -0.2) is 26.7 Å². The third-order valence-corrected chi connectivity index (χ3v) is 6.59. The fourth-order valence-corrected chi connectivity index (χ4v) is 4.85. The standard InChI is InChI=1S/C24H17ClN2O3S/c25-15-9-7-14(8-10-15)21-20(22(28)18-12-26-19-6-2-1-5-17(18)19)23(29)24(30)27(21)13-16-4-3-11-31-16/h1-12,21,26,28H,13H2/b22-20-. The Morgan fingerprint density at radius 2 is 1.84 bits per heavy atom. The van der Waals surface area contributed by atoms with Crippen molar-refractivity contribution in [1.82, 2.24) is 9.88 Å². The van der Waals surface area contributed by atoms with E-state index in [-0.39, 0.29) is 17.9 Å². The van der Waals surface area contributed by atoms with Crippen molar-refractivity contribution in [3.8, 4) is 0 Å². The van der Waals surface area contributed by atoms with Crippen molar-refractivity contribution in [2.24, 2.45) is 0 Å². The first kappa shape index (κ1) is 19.6. The van der Waals surface area contributed by atoms with E-state index in [1.165, 1.54) is 16.2 Å². The number of thiophene rings is 1. The summed E-state index contributed by atoms with van der Waals surface area (Å²) >= 11 is 7.57. The van der Waals surface area contributed by atoms with Gasteiger partial charge in [-0.05, 0) is 35.2 Å². The van der Waals surface area contributed by atoms with Crippen molar-refractivity contribution in [3.63, 3.8) is 0 Å². The number of aliphatic hydroxyl groups excluding tert-OH is 1. The number of carbonyl (C=O) groups is 2. The summed E-state index contributed by atoms with van der Waals surface area (Å²) in [6, 6.07) is 17.6. The highest BCUT2D eigenvalue weighted by Gasteiger charge is 2.46. The number of likely N-dealkylation sites (tertiary alicyclic amines) is 1. The molecule has 5 rings (SSSR count). The number of hydrogen-bond acceptors (Lipinski definition) is 4. The molecular weight excluding hydrogens is 432 g/mol. The summed E-state index contributed by atoms with van der Waals surface area (Å²) in [6.07, 6.45) is 1.66. The largest absolute Gasteiger partial charge is 0.507 e. The van der Waals surface area contributed by atoms with Gasteiger partial charge in [0.2, 0.25) is 0 Å². The monoisotopic (exact) mass is 448 g/mol. The zero-order chi connectivity index (χ0) is 21.5. The average Bonchev–Trinajstić information content (AvgIpc) is 3.50. The third kappa shape index (κ3) is 3.34. The van der Waals surface area contributed by atoms with Crippen molar-refractivity contribution in [1.29, 1.82) is 0 Å². The van der Waals surface area contributed by atoms with Gasteiger partial charge in [0.25, 0.3) is 11.7 Å². The summed E-state index contributed by atoms with van der Waals surface area (Å²) in [5.74, 6) is -1.52. The van der Waals surface area contributed by atoms with Crippen LogP contribution in [0.1, 0.15) is 22.0 Å². The minimum absolute atomic E-state index is 0.0774. The molecule has 1 fully saturated rings. The zero-order valence-electron chi connectivity index (χ0n) is 16.2. The van der Waals surface area contributed by atoms with Gasteiger partial charge in [0.1, 0.15) is 5.76 Å². The number of benzene rings is 2. The second-order valence-electron chi connectivity index (χ2n) is 7.31. The van der Waals surface area contributed by atoms with E-state index in [1.807, 2.05) is 41.8 Å². The van der Waals surface area contributed by atoms with Crippen LogP contribution in [-0.2, 0) is 16.1 Å². The lowest BCUT2D eigenvalue weighted by Crippen LogP contribution is -2.28. The molecule has 1 saturated heterocycles. The maximum atomic E-state index is 13.1. The van der Waals surface area contributed by atoms with Crippen LogP contribution in [0.3, 0.4) is 0 Å². The number of para-hydroxylation sites is 1. The second kappa shape index (κ2) is 7.72. The highest BCUT2D eigenvalue weighted by molar-refractivity contribution is 7.09. The van der Waals surface area contributed by atoms with Gasteiger partial charge < -0.3 is 15.0 Å². The van der Waals surface area contributed by atoms with Crippen molar-refractivity contribution in [3.05, 3.63) is 98.8 Å². The van der Waals surface area contributed by atoms with Crippen molar-refractivity contribution < 1.29 is 14.7 Å². The molecule has 154 valence electrons. The van der Waals surface area contributed by atoms with Crippen LogP contribution in [0, 0.1) is 0 Å². The van der Waals surface area contributed by atoms with Gasteiger partial charge >= 0.3 is 0 Å². The predicted molar refractivity (Wildman–Crippen MR) is 122 cm³/mol. The molecule has 5 nitrogen and oxygen atoms in total. The molecule has 1 aliphatic heterocycles. The number of amides is 1. The molecular formula is C24H17ClN2O3S. The number of carbonyl (C=O) groups excluding carboxylic acids is 2. The van der Waals surface area contributed by atoms with E-state index in [1.54, 1.807) is 30.5 Å². The quantitative estimate of drug-likeness (QED) is 0.246. The summed E-state index contributed by atoms with van der Waals surface area (Å²) in [5, 5.41) is 14.5. The lowest BCUT2D eigenvalue weighted by molar-refractivity contribution is -0.140. The Balaban J connectivity index is 1.69. The van der Waals surface area contributed by atoms with Crippen LogP contribution >= 0.6 is 22.9 Å². The number of aromatic nitrogens is 1. The zero-order valence-corrected chi connectivity index (χ0v) is 17.8. The molecule has 0 spiro atoms. The molecule has 2 N–H and O–H groups in total. The van der Waals surface area contributed by atoms with E-state index in [4.69, 9.17) is 11.6 Å². The number of Topliss-reactive ketones (excluding diaryl/α,β-unsaturated/α-hetero) is 1. The summed E-state index contributed by atoms with van der Waals surface area (Å²) < 4.78 is 0. The molecule has 2 aromatic carbocycles. The van der Waals surface area contributed by atoms with Crippen LogP contribution < -0.4 is 0 Å². The number of fused-ring (bicyclic) bond motifs is 1. The van der Waals surface area contributed by atoms with Crippen LogP contribution in [0.4, 0.5) is 0 Å². The predicted octanol–water partition coefficient (Wildman–Crippen LogP) is 5.50. The highest BCUT2D eigenvalue weighted by atomic mass is 35.5. The number of ketones is 1. The molecule has 1 amide bonds.